The van der Waals surface area contributed by atoms with E-state index in [9.17, 15) is 0 Å². The quantitative estimate of drug-likeness (QED) is 0.348. The van der Waals surface area contributed by atoms with Gasteiger partial charge in [-0.3, -0.25) is 0 Å². The number of rotatable bonds is 5. The van der Waals surface area contributed by atoms with E-state index in [4.69, 9.17) is 5.84 Å². The fraction of sp³-hybridized carbons (Fsp3) is 0.706. The highest BCUT2D eigenvalue weighted by Gasteiger charge is 2.39. The third kappa shape index (κ3) is 3.46. The molecule has 1 aliphatic heterocycles. The molecular formula is C17H29N5. The smallest absolute Gasteiger partial charge is 0.0700 e. The Morgan fingerprint density at radius 2 is 2.00 bits per heavy atom. The van der Waals surface area contributed by atoms with Gasteiger partial charge >= 0.3 is 0 Å². The lowest BCUT2D eigenvalue weighted by Gasteiger charge is -2.34. The Kier molecular flexibility index (Phi) is 4.71. The number of fused-ring (bicyclic) bond motifs is 2. The van der Waals surface area contributed by atoms with E-state index in [1.165, 1.54) is 25.7 Å². The van der Waals surface area contributed by atoms with E-state index >= 15 is 0 Å². The molecule has 1 heterocycles. The minimum absolute atomic E-state index is 0.617. The minimum Gasteiger partial charge on any atom is -0.382 e. The van der Waals surface area contributed by atoms with Crippen LogP contribution in [-0.2, 0) is 0 Å². The van der Waals surface area contributed by atoms with E-state index in [2.05, 4.69) is 39.9 Å². The van der Waals surface area contributed by atoms with Crippen LogP contribution in [-0.4, -0.2) is 55.3 Å². The molecule has 22 heavy (non-hydrogen) atoms. The maximum Gasteiger partial charge on any atom is 0.0700 e. The van der Waals surface area contributed by atoms with Crippen molar-refractivity contribution in [2.75, 3.05) is 33.2 Å². The maximum atomic E-state index is 5.39. The van der Waals surface area contributed by atoms with Crippen molar-refractivity contribution in [3.05, 3.63) is 24.0 Å². The molecule has 5 heteroatoms. The molecule has 1 saturated heterocycles. The zero-order chi connectivity index (χ0) is 15.5. The molecule has 3 atom stereocenters. The van der Waals surface area contributed by atoms with Gasteiger partial charge in [-0.15, -0.1) is 0 Å². The number of hydrazone groups is 1. The highest BCUT2D eigenvalue weighted by molar-refractivity contribution is 5.78. The molecular weight excluding hydrogens is 274 g/mol. The normalized spacial score (nSPS) is 32.9. The van der Waals surface area contributed by atoms with Crippen LogP contribution in [0.25, 0.3) is 0 Å². The van der Waals surface area contributed by atoms with Crippen molar-refractivity contribution in [1.82, 2.24) is 15.1 Å². The van der Waals surface area contributed by atoms with Crippen LogP contribution in [0.15, 0.2) is 29.2 Å². The first kappa shape index (κ1) is 15.4. The number of nitrogens with zero attached hydrogens (tertiary/aromatic N) is 3. The summed E-state index contributed by atoms with van der Waals surface area (Å²) in [5, 5.41) is 7.37. The molecule has 2 bridgehead atoms. The van der Waals surface area contributed by atoms with Gasteiger partial charge in [0.1, 0.15) is 0 Å². The van der Waals surface area contributed by atoms with E-state index in [1.807, 2.05) is 0 Å². The molecule has 2 aliphatic carbocycles. The van der Waals surface area contributed by atoms with Crippen LogP contribution in [0.3, 0.4) is 0 Å². The molecule has 0 spiro atoms. The lowest BCUT2D eigenvalue weighted by atomic mass is 9.95. The molecule has 0 aromatic rings. The van der Waals surface area contributed by atoms with Crippen molar-refractivity contribution in [2.24, 2.45) is 22.8 Å². The highest BCUT2D eigenvalue weighted by Crippen LogP contribution is 2.44. The van der Waals surface area contributed by atoms with Gasteiger partial charge in [0.25, 0.3) is 0 Å². The lowest BCUT2D eigenvalue weighted by molar-refractivity contribution is 0.193. The Hall–Kier alpha value is -1.49. The van der Waals surface area contributed by atoms with Gasteiger partial charge in [-0.1, -0.05) is 13.0 Å². The van der Waals surface area contributed by atoms with E-state index < -0.39 is 0 Å². The summed E-state index contributed by atoms with van der Waals surface area (Å²) in [4.78, 5) is 4.68. The number of nitrogens with two attached hydrogens (primary N) is 1. The molecule has 3 rings (SSSR count). The Labute approximate surface area is 133 Å². The first-order valence-electron chi connectivity index (χ1n) is 8.49. The summed E-state index contributed by atoms with van der Waals surface area (Å²) in [6.07, 6.45) is 9.38. The van der Waals surface area contributed by atoms with Gasteiger partial charge in [0.2, 0.25) is 0 Å². The second-order valence-corrected chi connectivity index (χ2v) is 7.09. The zero-order valence-corrected chi connectivity index (χ0v) is 13.7. The van der Waals surface area contributed by atoms with Gasteiger partial charge in [-0.05, 0) is 44.2 Å². The van der Waals surface area contributed by atoms with Crippen molar-refractivity contribution in [1.29, 1.82) is 0 Å². The number of nitrogens with one attached hydrogen (secondary N) is 1. The fourth-order valence-electron chi connectivity index (χ4n) is 4.23. The minimum atomic E-state index is 0.617. The van der Waals surface area contributed by atoms with Crippen LogP contribution in [0.1, 0.15) is 25.7 Å². The molecule has 122 valence electrons. The molecule has 0 aromatic heterocycles. The summed E-state index contributed by atoms with van der Waals surface area (Å²) < 4.78 is 0. The van der Waals surface area contributed by atoms with E-state index in [0.29, 0.717) is 6.04 Å². The molecule has 3 unspecified atom stereocenters. The molecule has 0 radical (unpaired) electrons. The van der Waals surface area contributed by atoms with Gasteiger partial charge in [-0.25, -0.2) is 0 Å². The SMILES string of the molecule is C=C(/C=C(\C=N/N)N1CCN(C)CC1)NC1CC2CCC1C2. The number of piperazine rings is 1. The Bertz CT molecular complexity index is 462. The average molecular weight is 303 g/mol. The van der Waals surface area contributed by atoms with Crippen LogP contribution >= 0.6 is 0 Å². The highest BCUT2D eigenvalue weighted by atomic mass is 15.3. The van der Waals surface area contributed by atoms with Gasteiger partial charge in [0, 0.05) is 37.9 Å². The summed E-state index contributed by atoms with van der Waals surface area (Å²) >= 11 is 0. The second kappa shape index (κ2) is 6.73. The lowest BCUT2D eigenvalue weighted by Crippen LogP contribution is -2.44. The van der Waals surface area contributed by atoms with Crippen molar-refractivity contribution in [2.45, 2.75) is 31.7 Å². The number of likely N-dealkylation sites (N-methyl/N-ethyl adjacent to an activating group) is 1. The predicted octanol–water partition coefficient (Wildman–Crippen LogP) is 1.35. The summed E-state index contributed by atoms with van der Waals surface area (Å²) in [6.45, 7) is 8.37. The Morgan fingerprint density at radius 3 is 2.59 bits per heavy atom. The molecule has 5 nitrogen and oxygen atoms in total. The first-order chi connectivity index (χ1) is 10.7. The van der Waals surface area contributed by atoms with Gasteiger partial charge in [-0.2, -0.15) is 5.10 Å². The van der Waals surface area contributed by atoms with E-state index in [0.717, 1.165) is 49.4 Å². The Morgan fingerprint density at radius 1 is 1.23 bits per heavy atom. The zero-order valence-electron chi connectivity index (χ0n) is 13.7. The van der Waals surface area contributed by atoms with Crippen LogP contribution in [0.4, 0.5) is 0 Å². The maximum absolute atomic E-state index is 5.39. The largest absolute Gasteiger partial charge is 0.382 e. The van der Waals surface area contributed by atoms with Gasteiger partial charge in [0.15, 0.2) is 0 Å². The van der Waals surface area contributed by atoms with E-state index in [1.54, 1.807) is 6.21 Å². The van der Waals surface area contributed by atoms with E-state index in [-0.39, 0.29) is 0 Å². The molecule has 0 amide bonds. The number of allylic oxidation sites excluding steroid dienone is 2. The van der Waals surface area contributed by atoms with Crippen LogP contribution in [0.2, 0.25) is 0 Å². The average Bonchev–Trinajstić information content (AvgIpc) is 3.10. The summed E-state index contributed by atoms with van der Waals surface area (Å²) in [5.74, 6) is 7.19. The third-order valence-corrected chi connectivity index (χ3v) is 5.51. The van der Waals surface area contributed by atoms with Crippen molar-refractivity contribution in [3.8, 4) is 0 Å². The molecule has 2 saturated carbocycles. The van der Waals surface area contributed by atoms with Gasteiger partial charge in [0.05, 0.1) is 11.9 Å². The monoisotopic (exact) mass is 303 g/mol. The van der Waals surface area contributed by atoms with Crippen LogP contribution < -0.4 is 11.2 Å². The second-order valence-electron chi connectivity index (χ2n) is 7.09. The standard InChI is InChI=1S/C17H29N5/c1-13(20-17-11-14-3-4-15(17)10-14)9-16(12-19-18)22-7-5-21(2)6-8-22/h9,12,14-15,17,20H,1,3-8,10-11,18H2,2H3/b16-9+,19-12-. The van der Waals surface area contributed by atoms with Crippen LogP contribution in [0.5, 0.6) is 0 Å². The Balaban J connectivity index is 1.60. The van der Waals surface area contributed by atoms with Crippen molar-refractivity contribution >= 4 is 6.21 Å². The first-order valence-corrected chi connectivity index (χ1v) is 8.49. The summed E-state index contributed by atoms with van der Waals surface area (Å²) in [5.41, 5.74) is 2.06. The predicted molar refractivity (Wildman–Crippen MR) is 91.3 cm³/mol. The molecule has 3 aliphatic rings. The number of hydrogen-bond acceptors (Lipinski definition) is 5. The third-order valence-electron chi connectivity index (χ3n) is 5.51. The van der Waals surface area contributed by atoms with Crippen LogP contribution in [0, 0.1) is 11.8 Å². The molecule has 3 fully saturated rings. The number of hydrogen-bond donors (Lipinski definition) is 2. The topological polar surface area (TPSA) is 56.9 Å². The molecule has 0 aromatic carbocycles. The van der Waals surface area contributed by atoms with Crippen molar-refractivity contribution < 1.29 is 0 Å². The summed E-state index contributed by atoms with van der Waals surface area (Å²) in [6, 6.07) is 0.617. The van der Waals surface area contributed by atoms with Gasteiger partial charge < -0.3 is 21.0 Å². The summed E-state index contributed by atoms with van der Waals surface area (Å²) in [7, 11) is 2.16. The fourth-order valence-corrected chi connectivity index (χ4v) is 4.23. The molecule has 3 N–H and O–H groups in total. The van der Waals surface area contributed by atoms with Crippen molar-refractivity contribution in [3.63, 3.8) is 0 Å².